The second-order valence-electron chi connectivity index (χ2n) is 5.57. The number of halogens is 4. The monoisotopic (exact) mass is 341 g/mol. The summed E-state index contributed by atoms with van der Waals surface area (Å²) in [6, 6.07) is 4.17. The van der Waals surface area contributed by atoms with Crippen LogP contribution in [0.5, 0.6) is 5.88 Å². The summed E-state index contributed by atoms with van der Waals surface area (Å²) in [4.78, 5) is 3.66. The number of rotatable bonds is 3. The largest absolute Gasteiger partial charge is 0.460 e. The van der Waals surface area contributed by atoms with E-state index < -0.39 is 23.5 Å². The van der Waals surface area contributed by atoms with Crippen LogP contribution in [0.15, 0.2) is 36.8 Å². The molecule has 0 aliphatic rings. The fraction of sp³-hybridized carbons (Fsp3) is 0.267. The average molecular weight is 341 g/mol. The Balaban J connectivity index is 1.94. The van der Waals surface area contributed by atoms with E-state index in [0.717, 1.165) is 19.9 Å². The van der Waals surface area contributed by atoms with Crippen molar-refractivity contribution in [1.82, 2.24) is 19.8 Å². The first kappa shape index (κ1) is 14.9. The number of hydrogen-bond donors (Lipinski definition) is 0. The summed E-state index contributed by atoms with van der Waals surface area (Å²) < 4.78 is 66.4. The van der Waals surface area contributed by atoms with E-state index in [9.17, 15) is 17.6 Å². The average Bonchev–Trinajstić information content (AvgIpc) is 2.89. The predicted molar refractivity (Wildman–Crippen MR) is 76.9 cm³/mol. The van der Waals surface area contributed by atoms with E-state index in [2.05, 4.69) is 15.3 Å². The number of fused-ring (bicyclic) bond motifs is 1. The first-order chi connectivity index (χ1) is 11.6. The van der Waals surface area contributed by atoms with Crippen LogP contribution >= 0.6 is 0 Å². The van der Waals surface area contributed by atoms with Crippen LogP contribution in [0.4, 0.5) is 17.6 Å². The molecule has 0 N–H and O–H groups in total. The summed E-state index contributed by atoms with van der Waals surface area (Å²) >= 11 is 0. The van der Waals surface area contributed by atoms with Crippen molar-refractivity contribution in [3.63, 3.8) is 0 Å². The highest BCUT2D eigenvalue weighted by Crippen LogP contribution is 2.35. The summed E-state index contributed by atoms with van der Waals surface area (Å²) in [5.41, 5.74) is -1.35. The summed E-state index contributed by atoms with van der Waals surface area (Å²) in [7, 11) is 0. The molecule has 0 aliphatic heterocycles. The number of hydrogen-bond acceptors (Lipinski definition) is 4. The highest BCUT2D eigenvalue weighted by molar-refractivity contribution is 5.67. The van der Waals surface area contributed by atoms with E-state index in [1.54, 1.807) is 12.1 Å². The van der Waals surface area contributed by atoms with E-state index >= 15 is 0 Å². The first-order valence-electron chi connectivity index (χ1n) is 7.32. The van der Waals surface area contributed by atoms with E-state index in [-0.39, 0.29) is 6.17 Å². The van der Waals surface area contributed by atoms with Gasteiger partial charge >= 0.3 is 6.18 Å². The fourth-order valence-corrected chi connectivity index (χ4v) is 1.91. The lowest BCUT2D eigenvalue weighted by Crippen LogP contribution is -2.45. The van der Waals surface area contributed by atoms with Crippen molar-refractivity contribution in [1.29, 1.82) is 0 Å². The third kappa shape index (κ3) is 2.89. The standard InChI is InChI=1S/C15H12F4N4O/c1-14(2,15(17,18)19)24-13-12(16)6-10(7-20-13)9-3-4-23-11(5-9)8-21-22-23/h3-8H,1-2H3/i8D. The molecule has 3 aromatic heterocycles. The smallest absolute Gasteiger partial charge is 0.427 e. The maximum absolute atomic E-state index is 14.2. The highest BCUT2D eigenvalue weighted by Gasteiger charge is 2.50. The molecule has 0 aromatic carbocycles. The minimum absolute atomic E-state index is 0.0536. The van der Waals surface area contributed by atoms with E-state index in [0.29, 0.717) is 16.6 Å². The number of ether oxygens (including phenoxy) is 1. The second-order valence-corrected chi connectivity index (χ2v) is 5.57. The zero-order valence-corrected chi connectivity index (χ0v) is 12.6. The second kappa shape index (κ2) is 5.43. The molecule has 0 spiro atoms. The van der Waals surface area contributed by atoms with Crippen LogP contribution in [0.25, 0.3) is 16.6 Å². The van der Waals surface area contributed by atoms with Gasteiger partial charge < -0.3 is 4.74 Å². The van der Waals surface area contributed by atoms with E-state index in [1.807, 2.05) is 0 Å². The Bertz CT molecular complexity index is 939. The molecule has 9 heteroatoms. The van der Waals surface area contributed by atoms with Gasteiger partial charge in [0.2, 0.25) is 0 Å². The van der Waals surface area contributed by atoms with Gasteiger partial charge in [-0.3, -0.25) is 0 Å². The van der Waals surface area contributed by atoms with Crippen molar-refractivity contribution in [2.75, 3.05) is 0 Å². The van der Waals surface area contributed by atoms with Gasteiger partial charge in [-0.05, 0) is 37.6 Å². The van der Waals surface area contributed by atoms with Gasteiger partial charge in [0.15, 0.2) is 11.4 Å². The summed E-state index contributed by atoms with van der Waals surface area (Å²) in [6.07, 6.45) is -2.00. The van der Waals surface area contributed by atoms with Crippen LogP contribution in [-0.2, 0) is 0 Å². The van der Waals surface area contributed by atoms with Gasteiger partial charge in [-0.25, -0.2) is 13.9 Å². The van der Waals surface area contributed by atoms with Crippen molar-refractivity contribution < 1.29 is 23.7 Å². The minimum Gasteiger partial charge on any atom is -0.460 e. The number of nitrogens with zero attached hydrogens (tertiary/aromatic N) is 4. The van der Waals surface area contributed by atoms with E-state index in [1.165, 1.54) is 16.9 Å². The molecule has 3 aromatic rings. The molecule has 126 valence electrons. The molecule has 0 saturated heterocycles. The molecule has 0 bridgehead atoms. The maximum Gasteiger partial charge on any atom is 0.427 e. The van der Waals surface area contributed by atoms with Gasteiger partial charge in [0, 0.05) is 18.0 Å². The Labute approximate surface area is 135 Å². The predicted octanol–water partition coefficient (Wildman–Crippen LogP) is 3.65. The molecule has 0 amide bonds. The molecule has 3 rings (SSSR count). The molecule has 0 unspecified atom stereocenters. The summed E-state index contributed by atoms with van der Waals surface area (Å²) in [5.74, 6) is -1.76. The van der Waals surface area contributed by atoms with Crippen LogP contribution < -0.4 is 4.74 Å². The lowest BCUT2D eigenvalue weighted by Gasteiger charge is -2.28. The van der Waals surface area contributed by atoms with Crippen LogP contribution in [0, 0.1) is 5.82 Å². The third-order valence-electron chi connectivity index (χ3n) is 3.42. The van der Waals surface area contributed by atoms with Crippen molar-refractivity contribution in [3.05, 3.63) is 42.6 Å². The van der Waals surface area contributed by atoms with Crippen LogP contribution in [0.3, 0.4) is 0 Å². The zero-order chi connectivity index (χ0) is 18.4. The maximum atomic E-state index is 14.2. The molecule has 5 nitrogen and oxygen atoms in total. The van der Waals surface area contributed by atoms with Crippen molar-refractivity contribution in [3.8, 4) is 17.0 Å². The summed E-state index contributed by atoms with van der Waals surface area (Å²) in [6.45, 7) is 1.58. The molecule has 0 fully saturated rings. The number of alkyl halides is 3. The Hall–Kier alpha value is -2.71. The third-order valence-corrected chi connectivity index (χ3v) is 3.42. The van der Waals surface area contributed by atoms with E-state index in [4.69, 9.17) is 6.11 Å². The first-order valence-corrected chi connectivity index (χ1v) is 6.82. The molecule has 3 heterocycles. The Morgan fingerprint density at radius 1 is 1.21 bits per heavy atom. The van der Waals surface area contributed by atoms with Gasteiger partial charge in [-0.2, -0.15) is 13.2 Å². The molecular formula is C15H12F4N4O. The lowest BCUT2D eigenvalue weighted by atomic mass is 10.1. The Kier molecular flexibility index (Phi) is 3.36. The van der Waals surface area contributed by atoms with Crippen molar-refractivity contribution in [2.24, 2.45) is 0 Å². The van der Waals surface area contributed by atoms with Gasteiger partial charge in [0.1, 0.15) is 0 Å². The van der Waals surface area contributed by atoms with Crippen LogP contribution in [0.2, 0.25) is 0 Å². The van der Waals surface area contributed by atoms with Crippen LogP contribution in [-0.4, -0.2) is 31.6 Å². The SMILES string of the molecule is [2H]c1nnn2ccc(-c3cnc(OC(C)(C)C(F)(F)F)c(F)c3)cc12. The lowest BCUT2D eigenvalue weighted by molar-refractivity contribution is -0.235. The van der Waals surface area contributed by atoms with Gasteiger partial charge in [-0.1, -0.05) is 5.21 Å². The molecular weight excluding hydrogens is 328 g/mol. The zero-order valence-electron chi connectivity index (χ0n) is 13.6. The number of pyridine rings is 2. The van der Waals surface area contributed by atoms with Gasteiger partial charge in [0.05, 0.1) is 13.1 Å². The summed E-state index contributed by atoms with van der Waals surface area (Å²) in [5, 5.41) is 7.30. The normalized spacial score (nSPS) is 13.2. The molecule has 0 atom stereocenters. The van der Waals surface area contributed by atoms with Crippen molar-refractivity contribution >= 4 is 5.52 Å². The molecule has 0 radical (unpaired) electrons. The Morgan fingerprint density at radius 3 is 2.62 bits per heavy atom. The quantitative estimate of drug-likeness (QED) is 0.683. The highest BCUT2D eigenvalue weighted by atomic mass is 19.4. The van der Waals surface area contributed by atoms with Crippen LogP contribution in [0.1, 0.15) is 15.2 Å². The number of aromatic nitrogens is 4. The fourth-order valence-electron chi connectivity index (χ4n) is 1.91. The topological polar surface area (TPSA) is 52.3 Å². The van der Waals surface area contributed by atoms with Crippen molar-refractivity contribution in [2.45, 2.75) is 25.6 Å². The minimum atomic E-state index is -4.68. The van der Waals surface area contributed by atoms with Gasteiger partial charge in [0.25, 0.3) is 5.88 Å². The molecule has 0 aliphatic carbocycles. The van der Waals surface area contributed by atoms with Gasteiger partial charge in [-0.15, -0.1) is 5.10 Å². The molecule has 24 heavy (non-hydrogen) atoms. The Morgan fingerprint density at radius 2 is 1.96 bits per heavy atom. The molecule has 0 saturated carbocycles.